The highest BCUT2D eigenvalue weighted by atomic mass is 35.5. The van der Waals surface area contributed by atoms with Crippen LogP contribution < -0.4 is 14.8 Å². The van der Waals surface area contributed by atoms with E-state index in [1.165, 1.54) is 12.0 Å². The van der Waals surface area contributed by atoms with E-state index in [0.29, 0.717) is 23.1 Å². The molecule has 0 aliphatic heterocycles. The molecule has 1 unspecified atom stereocenters. The molecule has 2 aromatic rings. The van der Waals surface area contributed by atoms with Crippen molar-refractivity contribution in [1.82, 2.24) is 10.2 Å². The van der Waals surface area contributed by atoms with Crippen molar-refractivity contribution in [3.8, 4) is 11.5 Å². The molecule has 2 amide bonds. The zero-order valence-electron chi connectivity index (χ0n) is 16.3. The van der Waals surface area contributed by atoms with Crippen LogP contribution in [0.3, 0.4) is 0 Å². The second-order valence-corrected chi connectivity index (χ2v) is 6.60. The first kappa shape index (κ1) is 21.6. The third-order valence-electron chi connectivity index (χ3n) is 4.18. The fraction of sp³-hybridized carbons (Fsp3) is 0.333. The van der Waals surface area contributed by atoms with Crippen LogP contribution in [0.1, 0.15) is 19.4 Å². The average molecular weight is 405 g/mol. The SMILES string of the molecule is CCNC(=O)C(C)N(Cc1cccc(Cl)c1)C(=O)COc1ccccc1OC. The number of nitrogens with zero attached hydrogens (tertiary/aromatic N) is 1. The first-order valence-corrected chi connectivity index (χ1v) is 9.41. The summed E-state index contributed by atoms with van der Waals surface area (Å²) in [5, 5.41) is 3.32. The van der Waals surface area contributed by atoms with Crippen LogP contribution >= 0.6 is 11.6 Å². The molecule has 0 aromatic heterocycles. The molecule has 1 N–H and O–H groups in total. The van der Waals surface area contributed by atoms with Crippen LogP contribution in [-0.4, -0.2) is 43.0 Å². The summed E-state index contributed by atoms with van der Waals surface area (Å²) in [5.74, 6) is 0.458. The number of rotatable bonds is 9. The Hall–Kier alpha value is -2.73. The van der Waals surface area contributed by atoms with Gasteiger partial charge in [0.25, 0.3) is 5.91 Å². The molecule has 1 atom stereocenters. The summed E-state index contributed by atoms with van der Waals surface area (Å²) in [5.41, 5.74) is 0.828. The maximum atomic E-state index is 12.9. The number of halogens is 1. The second kappa shape index (κ2) is 10.6. The number of hydrogen-bond acceptors (Lipinski definition) is 4. The van der Waals surface area contributed by atoms with Crippen LogP contribution in [0.25, 0.3) is 0 Å². The number of ether oxygens (including phenoxy) is 2. The quantitative estimate of drug-likeness (QED) is 0.696. The molecule has 7 heteroatoms. The molecule has 0 aliphatic rings. The summed E-state index contributed by atoms with van der Waals surface area (Å²) in [7, 11) is 1.53. The highest BCUT2D eigenvalue weighted by Gasteiger charge is 2.26. The van der Waals surface area contributed by atoms with Crippen molar-refractivity contribution in [3.63, 3.8) is 0 Å². The van der Waals surface area contributed by atoms with Crippen LogP contribution in [-0.2, 0) is 16.1 Å². The van der Waals surface area contributed by atoms with Gasteiger partial charge in [-0.25, -0.2) is 0 Å². The van der Waals surface area contributed by atoms with Crippen molar-refractivity contribution in [2.24, 2.45) is 0 Å². The molecule has 0 spiro atoms. The van der Waals surface area contributed by atoms with E-state index in [9.17, 15) is 9.59 Å². The predicted octanol–water partition coefficient (Wildman–Crippen LogP) is 3.28. The Kier molecular flexibility index (Phi) is 8.14. The minimum Gasteiger partial charge on any atom is -0.493 e. The monoisotopic (exact) mass is 404 g/mol. The van der Waals surface area contributed by atoms with E-state index in [4.69, 9.17) is 21.1 Å². The van der Waals surface area contributed by atoms with E-state index in [0.717, 1.165) is 5.56 Å². The number of nitrogens with one attached hydrogen (secondary N) is 1. The van der Waals surface area contributed by atoms with Crippen molar-refractivity contribution in [3.05, 3.63) is 59.1 Å². The van der Waals surface area contributed by atoms with Crippen molar-refractivity contribution >= 4 is 23.4 Å². The lowest BCUT2D eigenvalue weighted by molar-refractivity contribution is -0.142. The maximum absolute atomic E-state index is 12.9. The maximum Gasteiger partial charge on any atom is 0.261 e. The Labute approximate surface area is 170 Å². The number of methoxy groups -OCH3 is 1. The molecule has 28 heavy (non-hydrogen) atoms. The number of carbonyl (C=O) groups excluding carboxylic acids is 2. The topological polar surface area (TPSA) is 67.9 Å². The van der Waals surface area contributed by atoms with Gasteiger partial charge in [0, 0.05) is 18.1 Å². The van der Waals surface area contributed by atoms with Crippen LogP contribution in [0.5, 0.6) is 11.5 Å². The molecule has 2 aromatic carbocycles. The van der Waals surface area contributed by atoms with Gasteiger partial charge in [-0.3, -0.25) is 9.59 Å². The Morgan fingerprint density at radius 2 is 1.86 bits per heavy atom. The lowest BCUT2D eigenvalue weighted by Crippen LogP contribution is -2.49. The van der Waals surface area contributed by atoms with Gasteiger partial charge in [0.15, 0.2) is 18.1 Å². The Morgan fingerprint density at radius 1 is 1.14 bits per heavy atom. The second-order valence-electron chi connectivity index (χ2n) is 6.16. The first-order chi connectivity index (χ1) is 13.5. The molecule has 0 aliphatic carbocycles. The average Bonchev–Trinajstić information content (AvgIpc) is 2.70. The van der Waals surface area contributed by atoms with Crippen LogP contribution in [0.4, 0.5) is 0 Å². The summed E-state index contributed by atoms with van der Waals surface area (Å²) >= 11 is 6.05. The van der Waals surface area contributed by atoms with Gasteiger partial charge in [0.1, 0.15) is 6.04 Å². The first-order valence-electron chi connectivity index (χ1n) is 9.03. The summed E-state index contributed by atoms with van der Waals surface area (Å²) in [6.07, 6.45) is 0. The van der Waals surface area contributed by atoms with Crippen molar-refractivity contribution in [1.29, 1.82) is 0 Å². The Balaban J connectivity index is 2.16. The fourth-order valence-corrected chi connectivity index (χ4v) is 2.91. The van der Waals surface area contributed by atoms with Crippen molar-refractivity contribution in [2.45, 2.75) is 26.4 Å². The van der Waals surface area contributed by atoms with E-state index in [1.807, 2.05) is 25.1 Å². The zero-order valence-corrected chi connectivity index (χ0v) is 17.0. The molecule has 2 rings (SSSR count). The van der Waals surface area contributed by atoms with Gasteiger partial charge in [-0.2, -0.15) is 0 Å². The summed E-state index contributed by atoms with van der Waals surface area (Å²) in [4.78, 5) is 26.7. The molecular weight excluding hydrogens is 380 g/mol. The lowest BCUT2D eigenvalue weighted by atomic mass is 10.1. The van der Waals surface area contributed by atoms with Crippen LogP contribution in [0.15, 0.2) is 48.5 Å². The number of benzene rings is 2. The Morgan fingerprint density at radius 3 is 2.50 bits per heavy atom. The Bertz CT molecular complexity index is 812. The van der Waals surface area contributed by atoms with Gasteiger partial charge in [0.05, 0.1) is 7.11 Å². The summed E-state index contributed by atoms with van der Waals surface area (Å²) in [6.45, 7) is 4.03. The number of para-hydroxylation sites is 2. The van der Waals surface area contributed by atoms with Gasteiger partial charge in [-0.05, 0) is 43.7 Å². The molecule has 0 heterocycles. The molecule has 0 bridgehead atoms. The molecule has 0 fully saturated rings. The fourth-order valence-electron chi connectivity index (χ4n) is 2.70. The number of likely N-dealkylation sites (N-methyl/N-ethyl adjacent to an activating group) is 1. The van der Waals surface area contributed by atoms with Crippen molar-refractivity contribution in [2.75, 3.05) is 20.3 Å². The normalized spacial score (nSPS) is 11.4. The molecule has 0 saturated heterocycles. The van der Waals surface area contributed by atoms with E-state index >= 15 is 0 Å². The van der Waals surface area contributed by atoms with Gasteiger partial charge >= 0.3 is 0 Å². The minimum atomic E-state index is -0.660. The van der Waals surface area contributed by atoms with E-state index in [2.05, 4.69) is 5.32 Å². The van der Waals surface area contributed by atoms with Gasteiger partial charge in [0.2, 0.25) is 5.91 Å². The molecule has 0 saturated carbocycles. The smallest absolute Gasteiger partial charge is 0.261 e. The standard InChI is InChI=1S/C21H25ClN2O4/c1-4-23-21(26)15(2)24(13-16-8-7-9-17(22)12-16)20(25)14-28-19-11-6-5-10-18(19)27-3/h5-12,15H,4,13-14H2,1-3H3,(H,23,26). The largest absolute Gasteiger partial charge is 0.493 e. The summed E-state index contributed by atoms with van der Waals surface area (Å²) < 4.78 is 10.9. The lowest BCUT2D eigenvalue weighted by Gasteiger charge is -2.28. The molecular formula is C21H25ClN2O4. The van der Waals surface area contributed by atoms with Crippen molar-refractivity contribution < 1.29 is 19.1 Å². The van der Waals surface area contributed by atoms with Crippen LogP contribution in [0.2, 0.25) is 5.02 Å². The van der Waals surface area contributed by atoms with Crippen LogP contribution in [0, 0.1) is 0 Å². The van der Waals surface area contributed by atoms with Gasteiger partial charge < -0.3 is 19.7 Å². The third kappa shape index (κ3) is 5.89. The van der Waals surface area contributed by atoms with E-state index in [1.54, 1.807) is 37.3 Å². The number of carbonyl (C=O) groups is 2. The third-order valence-corrected chi connectivity index (χ3v) is 4.42. The van der Waals surface area contributed by atoms with Gasteiger partial charge in [-0.15, -0.1) is 0 Å². The highest BCUT2D eigenvalue weighted by molar-refractivity contribution is 6.30. The van der Waals surface area contributed by atoms with Gasteiger partial charge in [-0.1, -0.05) is 35.9 Å². The number of hydrogen-bond donors (Lipinski definition) is 1. The molecule has 6 nitrogen and oxygen atoms in total. The molecule has 0 radical (unpaired) electrons. The highest BCUT2D eigenvalue weighted by Crippen LogP contribution is 2.26. The number of amides is 2. The summed E-state index contributed by atoms with van der Waals surface area (Å²) in [6, 6.07) is 13.6. The van der Waals surface area contributed by atoms with E-state index < -0.39 is 6.04 Å². The van der Waals surface area contributed by atoms with E-state index in [-0.39, 0.29) is 25.0 Å². The predicted molar refractivity (Wildman–Crippen MR) is 109 cm³/mol. The molecule has 150 valence electrons. The zero-order chi connectivity index (χ0) is 20.5. The minimum absolute atomic E-state index is 0.218.